The van der Waals surface area contributed by atoms with E-state index in [0.29, 0.717) is 6.42 Å². The molecule has 3 rings (SSSR count). The predicted molar refractivity (Wildman–Crippen MR) is 66.7 cm³/mol. The number of rotatable bonds is 0. The van der Waals surface area contributed by atoms with Gasteiger partial charge in [-0.2, -0.15) is 0 Å². The summed E-state index contributed by atoms with van der Waals surface area (Å²) >= 11 is 0. The molecule has 3 nitrogen and oxygen atoms in total. The van der Waals surface area contributed by atoms with Gasteiger partial charge < -0.3 is 4.74 Å². The Balaban J connectivity index is 2.03. The van der Waals surface area contributed by atoms with Crippen molar-refractivity contribution < 1.29 is 14.3 Å². The van der Waals surface area contributed by atoms with Crippen molar-refractivity contribution in [3.8, 4) is 0 Å². The van der Waals surface area contributed by atoms with Crippen molar-refractivity contribution in [2.24, 2.45) is 17.3 Å². The highest BCUT2D eigenvalue weighted by Crippen LogP contribution is 2.52. The molecule has 0 radical (unpaired) electrons. The number of allylic oxidation sites excluding steroid dienone is 4. The van der Waals surface area contributed by atoms with Gasteiger partial charge in [-0.25, -0.2) is 0 Å². The molecule has 1 saturated heterocycles. The summed E-state index contributed by atoms with van der Waals surface area (Å²) < 4.78 is 5.44. The van der Waals surface area contributed by atoms with E-state index in [9.17, 15) is 9.59 Å². The van der Waals surface area contributed by atoms with Crippen molar-refractivity contribution in [2.45, 2.75) is 39.7 Å². The van der Waals surface area contributed by atoms with E-state index >= 15 is 0 Å². The van der Waals surface area contributed by atoms with Crippen molar-refractivity contribution in [3.05, 3.63) is 23.3 Å². The van der Waals surface area contributed by atoms with Gasteiger partial charge in [-0.05, 0) is 26.3 Å². The lowest BCUT2D eigenvalue weighted by Gasteiger charge is -2.42. The largest absolute Gasteiger partial charge is 0.462 e. The fourth-order valence-electron chi connectivity index (χ4n) is 3.66. The molecule has 4 unspecified atom stereocenters. The molecular weight excluding hydrogens is 228 g/mol. The van der Waals surface area contributed by atoms with Crippen molar-refractivity contribution in [1.29, 1.82) is 0 Å². The van der Waals surface area contributed by atoms with Gasteiger partial charge in [-0.15, -0.1) is 0 Å². The third-order valence-corrected chi connectivity index (χ3v) is 4.98. The number of hydrogen-bond donors (Lipinski definition) is 0. The van der Waals surface area contributed by atoms with Crippen LogP contribution in [0.5, 0.6) is 0 Å². The summed E-state index contributed by atoms with van der Waals surface area (Å²) in [4.78, 5) is 23.9. The van der Waals surface area contributed by atoms with Crippen LogP contribution in [-0.4, -0.2) is 17.9 Å². The second kappa shape index (κ2) is 3.56. The lowest BCUT2D eigenvalue weighted by molar-refractivity contribution is -0.145. The van der Waals surface area contributed by atoms with E-state index in [2.05, 4.69) is 6.92 Å². The number of esters is 1. The van der Waals surface area contributed by atoms with Gasteiger partial charge in [0.25, 0.3) is 0 Å². The first-order valence-electron chi connectivity index (χ1n) is 6.57. The first-order valence-corrected chi connectivity index (χ1v) is 6.57. The number of fused-ring (bicyclic) bond motifs is 2. The molecule has 4 atom stereocenters. The maximum atomic E-state index is 12.2. The van der Waals surface area contributed by atoms with Crippen molar-refractivity contribution in [3.63, 3.8) is 0 Å². The molecule has 2 aliphatic carbocycles. The van der Waals surface area contributed by atoms with Gasteiger partial charge in [-0.3, -0.25) is 9.59 Å². The van der Waals surface area contributed by atoms with Gasteiger partial charge in [-0.1, -0.05) is 24.1 Å². The lowest BCUT2D eigenvalue weighted by Crippen LogP contribution is -2.42. The maximum Gasteiger partial charge on any atom is 0.309 e. The highest BCUT2D eigenvalue weighted by Gasteiger charge is 2.53. The molecule has 0 spiro atoms. The van der Waals surface area contributed by atoms with Crippen molar-refractivity contribution in [2.75, 3.05) is 0 Å². The Kier molecular flexibility index (Phi) is 2.31. The van der Waals surface area contributed by atoms with E-state index in [1.807, 2.05) is 19.9 Å². The summed E-state index contributed by atoms with van der Waals surface area (Å²) in [6.45, 7) is 5.98. The first kappa shape index (κ1) is 11.7. The van der Waals surface area contributed by atoms with Crippen LogP contribution in [0.15, 0.2) is 23.3 Å². The van der Waals surface area contributed by atoms with Gasteiger partial charge >= 0.3 is 5.97 Å². The zero-order chi connectivity index (χ0) is 13.1. The molecule has 3 heteroatoms. The summed E-state index contributed by atoms with van der Waals surface area (Å²) in [7, 11) is 0. The Morgan fingerprint density at radius 3 is 2.78 bits per heavy atom. The Morgan fingerprint density at radius 2 is 2.06 bits per heavy atom. The van der Waals surface area contributed by atoms with Gasteiger partial charge in [0.15, 0.2) is 5.78 Å². The standard InChI is InChI=1S/C15H18O3/c1-8-4-5-13(16)15(3)7-12-10(6-11(8)15)9(2)14(17)18-12/h4-5,9-10,12H,6-7H2,1-3H3. The van der Waals surface area contributed by atoms with E-state index in [1.165, 1.54) is 11.1 Å². The molecule has 0 bridgehead atoms. The molecule has 0 aromatic carbocycles. The second-order valence-electron chi connectivity index (χ2n) is 6.03. The van der Waals surface area contributed by atoms with Gasteiger partial charge in [0.05, 0.1) is 11.3 Å². The van der Waals surface area contributed by atoms with Crippen LogP contribution < -0.4 is 0 Å². The minimum absolute atomic E-state index is 0.0409. The summed E-state index contributed by atoms with van der Waals surface area (Å²) in [6, 6.07) is 0. The molecule has 0 N–H and O–H groups in total. The Hall–Kier alpha value is -1.38. The van der Waals surface area contributed by atoms with E-state index in [0.717, 1.165) is 6.42 Å². The summed E-state index contributed by atoms with van der Waals surface area (Å²) in [5, 5.41) is 0. The first-order chi connectivity index (χ1) is 8.43. The molecule has 1 aliphatic heterocycles. The van der Waals surface area contributed by atoms with Crippen LogP contribution in [0.2, 0.25) is 0 Å². The molecular formula is C15H18O3. The number of ketones is 1. The van der Waals surface area contributed by atoms with Crippen LogP contribution in [-0.2, 0) is 14.3 Å². The Morgan fingerprint density at radius 1 is 1.33 bits per heavy atom. The van der Waals surface area contributed by atoms with E-state index in [-0.39, 0.29) is 29.7 Å². The second-order valence-corrected chi connectivity index (χ2v) is 6.03. The fraction of sp³-hybridized carbons (Fsp3) is 0.600. The van der Waals surface area contributed by atoms with Crippen LogP contribution in [0.4, 0.5) is 0 Å². The van der Waals surface area contributed by atoms with E-state index < -0.39 is 5.41 Å². The molecule has 0 aromatic rings. The quantitative estimate of drug-likeness (QED) is 0.616. The van der Waals surface area contributed by atoms with Crippen molar-refractivity contribution in [1.82, 2.24) is 0 Å². The molecule has 0 aromatic heterocycles. The molecule has 18 heavy (non-hydrogen) atoms. The molecule has 96 valence electrons. The number of hydrogen-bond acceptors (Lipinski definition) is 3. The van der Waals surface area contributed by atoms with Gasteiger partial charge in [0, 0.05) is 12.3 Å². The Bertz CT molecular complexity index is 500. The smallest absolute Gasteiger partial charge is 0.309 e. The average Bonchev–Trinajstić information content (AvgIpc) is 2.58. The minimum Gasteiger partial charge on any atom is -0.462 e. The van der Waals surface area contributed by atoms with Crippen LogP contribution in [0.1, 0.15) is 33.6 Å². The van der Waals surface area contributed by atoms with Crippen LogP contribution in [0.25, 0.3) is 0 Å². The number of carbonyl (C=O) groups is 2. The molecule has 1 saturated carbocycles. The van der Waals surface area contributed by atoms with Crippen LogP contribution in [0.3, 0.4) is 0 Å². The SMILES string of the molecule is CC1=C2CC3C(CC2(C)C(=O)C=C1)OC(=O)C3C. The molecule has 0 amide bonds. The third kappa shape index (κ3) is 1.36. The Labute approximate surface area is 107 Å². The summed E-state index contributed by atoms with van der Waals surface area (Å²) in [5.74, 6) is 0.249. The van der Waals surface area contributed by atoms with Gasteiger partial charge in [0.2, 0.25) is 0 Å². The highest BCUT2D eigenvalue weighted by atomic mass is 16.6. The maximum absolute atomic E-state index is 12.2. The average molecular weight is 246 g/mol. The topological polar surface area (TPSA) is 43.4 Å². The van der Waals surface area contributed by atoms with Crippen LogP contribution in [0, 0.1) is 17.3 Å². The minimum atomic E-state index is -0.454. The number of ether oxygens (including phenoxy) is 1. The lowest BCUT2D eigenvalue weighted by atomic mass is 9.60. The summed E-state index contributed by atoms with van der Waals surface area (Å²) in [5.41, 5.74) is 1.94. The molecule has 3 aliphatic rings. The van der Waals surface area contributed by atoms with Crippen molar-refractivity contribution >= 4 is 11.8 Å². The van der Waals surface area contributed by atoms with Gasteiger partial charge in [0.1, 0.15) is 6.10 Å². The fourth-order valence-corrected chi connectivity index (χ4v) is 3.66. The van der Waals surface area contributed by atoms with E-state index in [1.54, 1.807) is 6.08 Å². The van der Waals surface area contributed by atoms with E-state index in [4.69, 9.17) is 4.74 Å². The normalized spacial score (nSPS) is 42.7. The third-order valence-electron chi connectivity index (χ3n) is 4.98. The molecule has 1 heterocycles. The highest BCUT2D eigenvalue weighted by molar-refractivity contribution is 5.99. The zero-order valence-corrected chi connectivity index (χ0v) is 11.0. The van der Waals surface area contributed by atoms with Crippen LogP contribution >= 0.6 is 0 Å². The monoisotopic (exact) mass is 246 g/mol. The number of carbonyl (C=O) groups excluding carboxylic acids is 2. The molecule has 2 fully saturated rings. The predicted octanol–water partition coefficient (Wildman–Crippen LogP) is 2.42. The summed E-state index contributed by atoms with van der Waals surface area (Å²) in [6.07, 6.45) is 4.95. The zero-order valence-electron chi connectivity index (χ0n) is 11.0.